The van der Waals surface area contributed by atoms with Crippen molar-refractivity contribution in [2.24, 2.45) is 0 Å². The van der Waals surface area contributed by atoms with Gasteiger partial charge in [-0.3, -0.25) is 0 Å². The highest BCUT2D eigenvalue weighted by Crippen LogP contribution is 2.24. The summed E-state index contributed by atoms with van der Waals surface area (Å²) < 4.78 is 0. The Balaban J connectivity index is 2.24. The second kappa shape index (κ2) is 3.70. The van der Waals surface area contributed by atoms with Gasteiger partial charge in [0.2, 0.25) is 0 Å². The highest BCUT2D eigenvalue weighted by Gasteiger charge is 2.12. The molecule has 0 atom stereocenters. The van der Waals surface area contributed by atoms with Crippen molar-refractivity contribution in [3.8, 4) is 0 Å². The van der Waals surface area contributed by atoms with Crippen molar-refractivity contribution >= 4 is 16.9 Å². The van der Waals surface area contributed by atoms with E-state index in [2.05, 4.69) is 21.0 Å². The smallest absolute Gasteiger partial charge is 0.164 e. The number of rotatable bonds is 0. The molecule has 0 saturated heterocycles. The first-order valence-corrected chi connectivity index (χ1v) is 5.73. The molecule has 2 aromatic heterocycles. The number of fused-ring (bicyclic) bond motifs is 2. The summed E-state index contributed by atoms with van der Waals surface area (Å²) in [5.41, 5.74) is 9.09. The van der Waals surface area contributed by atoms with Crippen molar-refractivity contribution in [3.05, 3.63) is 23.7 Å². The van der Waals surface area contributed by atoms with E-state index in [1.807, 2.05) is 0 Å². The first kappa shape index (κ1) is 9.51. The molecule has 2 heterocycles. The maximum absolute atomic E-state index is 5.84. The minimum absolute atomic E-state index is 0.532. The number of nitrogens with two attached hydrogens (primary N) is 1. The Bertz CT molecular complexity index is 536. The average Bonchev–Trinajstić information content (AvgIpc) is 2.52. The zero-order valence-corrected chi connectivity index (χ0v) is 9.11. The van der Waals surface area contributed by atoms with Gasteiger partial charge >= 0.3 is 0 Å². The van der Waals surface area contributed by atoms with E-state index in [1.54, 1.807) is 0 Å². The third kappa shape index (κ3) is 1.50. The molecule has 4 nitrogen and oxygen atoms in total. The molecule has 0 saturated carbocycles. The van der Waals surface area contributed by atoms with Gasteiger partial charge in [-0.15, -0.1) is 0 Å². The second-order valence-electron chi connectivity index (χ2n) is 4.28. The van der Waals surface area contributed by atoms with E-state index in [0.717, 1.165) is 23.9 Å². The fourth-order valence-electron chi connectivity index (χ4n) is 2.30. The molecular formula is C12H14N4. The van der Waals surface area contributed by atoms with Gasteiger partial charge in [0.15, 0.2) is 5.65 Å². The molecule has 4 heteroatoms. The molecule has 0 amide bonds. The number of aryl methyl sites for hydroxylation is 2. The third-order valence-electron chi connectivity index (χ3n) is 3.18. The van der Waals surface area contributed by atoms with Crippen LogP contribution in [0.15, 0.2) is 12.4 Å². The van der Waals surface area contributed by atoms with E-state index in [0.29, 0.717) is 5.82 Å². The van der Waals surface area contributed by atoms with E-state index in [1.165, 1.54) is 36.8 Å². The molecule has 0 aromatic carbocycles. The number of pyridine rings is 1. The van der Waals surface area contributed by atoms with Gasteiger partial charge in [-0.25, -0.2) is 15.0 Å². The van der Waals surface area contributed by atoms with Gasteiger partial charge < -0.3 is 5.73 Å². The Morgan fingerprint density at radius 1 is 1.06 bits per heavy atom. The first-order chi connectivity index (χ1) is 7.84. The van der Waals surface area contributed by atoms with Crippen LogP contribution in [0.2, 0.25) is 0 Å². The molecule has 2 N–H and O–H groups in total. The third-order valence-corrected chi connectivity index (χ3v) is 3.18. The molecule has 1 aliphatic rings. The lowest BCUT2D eigenvalue weighted by Gasteiger charge is -2.07. The molecular weight excluding hydrogens is 200 g/mol. The quantitative estimate of drug-likeness (QED) is 0.680. The maximum Gasteiger partial charge on any atom is 0.164 e. The van der Waals surface area contributed by atoms with E-state index in [4.69, 9.17) is 5.73 Å². The van der Waals surface area contributed by atoms with Crippen LogP contribution in [-0.4, -0.2) is 15.0 Å². The number of aromatic nitrogens is 3. The van der Waals surface area contributed by atoms with Crippen LogP contribution in [0, 0.1) is 0 Å². The zero-order chi connectivity index (χ0) is 11.0. The van der Waals surface area contributed by atoms with Crippen LogP contribution in [0.1, 0.15) is 30.5 Å². The van der Waals surface area contributed by atoms with Gasteiger partial charge in [0.05, 0.1) is 5.39 Å². The monoisotopic (exact) mass is 214 g/mol. The summed E-state index contributed by atoms with van der Waals surface area (Å²) in [6, 6.07) is 2.12. The number of nitrogen functional groups attached to an aromatic ring is 1. The van der Waals surface area contributed by atoms with Gasteiger partial charge in [-0.2, -0.15) is 0 Å². The van der Waals surface area contributed by atoms with E-state index in [-0.39, 0.29) is 0 Å². The molecule has 2 aromatic rings. The second-order valence-corrected chi connectivity index (χ2v) is 4.28. The molecule has 0 fully saturated rings. The van der Waals surface area contributed by atoms with Crippen molar-refractivity contribution in [2.75, 3.05) is 5.73 Å². The summed E-state index contributed by atoms with van der Waals surface area (Å²) in [6.07, 6.45) is 7.41. The lowest BCUT2D eigenvalue weighted by molar-refractivity contribution is 0.709. The van der Waals surface area contributed by atoms with Crippen LogP contribution in [0.4, 0.5) is 5.82 Å². The molecule has 82 valence electrons. The highest BCUT2D eigenvalue weighted by atomic mass is 15.0. The van der Waals surface area contributed by atoms with Gasteiger partial charge in [-0.05, 0) is 37.3 Å². The Kier molecular flexibility index (Phi) is 2.20. The molecule has 1 aliphatic carbocycles. The lowest BCUT2D eigenvalue weighted by atomic mass is 10.1. The largest absolute Gasteiger partial charge is 0.383 e. The summed E-state index contributed by atoms with van der Waals surface area (Å²) in [5, 5.41) is 0.892. The molecule has 0 aliphatic heterocycles. The van der Waals surface area contributed by atoms with Crippen LogP contribution >= 0.6 is 0 Å². The van der Waals surface area contributed by atoms with Gasteiger partial charge in [0, 0.05) is 5.69 Å². The zero-order valence-electron chi connectivity index (χ0n) is 9.11. The molecule has 3 rings (SSSR count). The normalized spacial score (nSPS) is 15.8. The predicted molar refractivity (Wildman–Crippen MR) is 63.0 cm³/mol. The topological polar surface area (TPSA) is 64.7 Å². The summed E-state index contributed by atoms with van der Waals surface area (Å²) in [6.45, 7) is 0. The number of hydrogen-bond acceptors (Lipinski definition) is 4. The van der Waals surface area contributed by atoms with Crippen molar-refractivity contribution in [3.63, 3.8) is 0 Å². The van der Waals surface area contributed by atoms with Crippen molar-refractivity contribution in [1.29, 1.82) is 0 Å². The molecule has 0 bridgehead atoms. The lowest BCUT2D eigenvalue weighted by Crippen LogP contribution is -2.00. The minimum Gasteiger partial charge on any atom is -0.383 e. The van der Waals surface area contributed by atoms with Crippen molar-refractivity contribution in [1.82, 2.24) is 15.0 Å². The summed E-state index contributed by atoms with van der Waals surface area (Å²) in [7, 11) is 0. The fraction of sp³-hybridized carbons (Fsp3) is 0.417. The van der Waals surface area contributed by atoms with Crippen molar-refractivity contribution in [2.45, 2.75) is 32.1 Å². The predicted octanol–water partition coefficient (Wildman–Crippen LogP) is 1.88. The molecule has 0 unspecified atom stereocenters. The van der Waals surface area contributed by atoms with Gasteiger partial charge in [0.1, 0.15) is 12.1 Å². The summed E-state index contributed by atoms with van der Waals surface area (Å²) in [5.74, 6) is 0.532. The number of hydrogen-bond donors (Lipinski definition) is 1. The Hall–Kier alpha value is -1.71. The average molecular weight is 214 g/mol. The van der Waals surface area contributed by atoms with Crippen LogP contribution in [0.3, 0.4) is 0 Å². The van der Waals surface area contributed by atoms with Crippen LogP contribution in [0.25, 0.3) is 11.0 Å². The van der Waals surface area contributed by atoms with Gasteiger partial charge in [-0.1, -0.05) is 6.42 Å². The molecule has 16 heavy (non-hydrogen) atoms. The van der Waals surface area contributed by atoms with E-state index in [9.17, 15) is 0 Å². The maximum atomic E-state index is 5.84. The fourth-order valence-corrected chi connectivity index (χ4v) is 2.30. The van der Waals surface area contributed by atoms with Crippen molar-refractivity contribution < 1.29 is 0 Å². The van der Waals surface area contributed by atoms with E-state index < -0.39 is 0 Å². The van der Waals surface area contributed by atoms with Crippen LogP contribution in [0.5, 0.6) is 0 Å². The van der Waals surface area contributed by atoms with Crippen LogP contribution in [-0.2, 0) is 12.8 Å². The minimum atomic E-state index is 0.532. The highest BCUT2D eigenvalue weighted by molar-refractivity contribution is 5.85. The summed E-state index contributed by atoms with van der Waals surface area (Å²) >= 11 is 0. The Morgan fingerprint density at radius 2 is 1.94 bits per heavy atom. The SMILES string of the molecule is Nc1ncnc2nc3c(cc12)CCCCC3. The Morgan fingerprint density at radius 3 is 2.88 bits per heavy atom. The molecule has 0 spiro atoms. The van der Waals surface area contributed by atoms with E-state index >= 15 is 0 Å². The van der Waals surface area contributed by atoms with Gasteiger partial charge in [0.25, 0.3) is 0 Å². The number of anilines is 1. The first-order valence-electron chi connectivity index (χ1n) is 5.73. The standard InChI is InChI=1S/C12H14N4/c13-11-9-6-8-4-2-1-3-5-10(8)16-12(9)15-7-14-11/h6-7H,1-5H2,(H2,13,14,15,16). The summed E-state index contributed by atoms with van der Waals surface area (Å²) in [4.78, 5) is 12.8. The van der Waals surface area contributed by atoms with Crippen LogP contribution < -0.4 is 5.73 Å². The molecule has 0 radical (unpaired) electrons. The Labute approximate surface area is 93.9 Å². The number of nitrogens with zero attached hydrogens (tertiary/aromatic N) is 3.